The summed E-state index contributed by atoms with van der Waals surface area (Å²) in [4.78, 5) is 0.923. The summed E-state index contributed by atoms with van der Waals surface area (Å²) in [5.41, 5.74) is 1.28. The van der Waals surface area contributed by atoms with Gasteiger partial charge in [-0.1, -0.05) is 11.6 Å². The maximum atomic E-state index is 9.99. The van der Waals surface area contributed by atoms with Crippen LogP contribution >= 0.6 is 50.2 Å². The average molecular weight is 338 g/mol. The summed E-state index contributed by atoms with van der Waals surface area (Å²) < 4.78 is 1.56. The van der Waals surface area contributed by atoms with E-state index < -0.39 is 6.10 Å². The summed E-state index contributed by atoms with van der Waals surface area (Å²) in [7, 11) is 0. The van der Waals surface area contributed by atoms with Gasteiger partial charge in [0.1, 0.15) is 4.34 Å². The van der Waals surface area contributed by atoms with E-state index in [1.54, 1.807) is 11.3 Å². The Morgan fingerprint density at radius 1 is 1.50 bits per heavy atom. The topological polar surface area (TPSA) is 20.2 Å². The van der Waals surface area contributed by atoms with Crippen molar-refractivity contribution >= 4 is 50.2 Å². The Morgan fingerprint density at radius 2 is 2.31 bits per heavy atom. The molecule has 2 heterocycles. The minimum absolute atomic E-state index is 0.423. The summed E-state index contributed by atoms with van der Waals surface area (Å²) in [6.45, 7) is 0. The van der Waals surface area contributed by atoms with E-state index in [-0.39, 0.29) is 0 Å². The zero-order chi connectivity index (χ0) is 11.5. The van der Waals surface area contributed by atoms with Gasteiger partial charge in [0.2, 0.25) is 0 Å². The van der Waals surface area contributed by atoms with Crippen molar-refractivity contribution < 1.29 is 5.11 Å². The largest absolute Gasteiger partial charge is 0.388 e. The Morgan fingerprint density at radius 3 is 2.88 bits per heavy atom. The lowest BCUT2D eigenvalue weighted by atomic mass is 10.1. The summed E-state index contributed by atoms with van der Waals surface area (Å²) in [5.74, 6) is 0. The van der Waals surface area contributed by atoms with E-state index in [0.717, 1.165) is 22.2 Å². The molecule has 2 aromatic rings. The highest BCUT2D eigenvalue weighted by molar-refractivity contribution is 9.10. The quantitative estimate of drug-likeness (QED) is 0.842. The number of aliphatic hydroxyl groups is 1. The molecule has 0 aliphatic carbocycles. The van der Waals surface area contributed by atoms with Crippen LogP contribution in [0, 0.1) is 0 Å². The predicted octanol–water partition coefficient (Wildman–Crippen LogP) is 4.89. The SMILES string of the molecule is OC(CCc1ccsc1)c1cc(Br)c(Cl)s1. The van der Waals surface area contributed by atoms with E-state index in [1.807, 2.05) is 6.07 Å². The number of hydrogen-bond donors (Lipinski definition) is 1. The second-order valence-electron chi connectivity index (χ2n) is 3.46. The number of halogens is 2. The van der Waals surface area contributed by atoms with Crippen molar-refractivity contribution in [2.45, 2.75) is 18.9 Å². The molecule has 5 heteroatoms. The molecule has 1 unspecified atom stereocenters. The van der Waals surface area contributed by atoms with Crippen LogP contribution < -0.4 is 0 Å². The lowest BCUT2D eigenvalue weighted by Crippen LogP contribution is -1.96. The fourth-order valence-corrected chi connectivity index (χ4v) is 3.87. The maximum Gasteiger partial charge on any atom is 0.107 e. The van der Waals surface area contributed by atoms with Crippen molar-refractivity contribution in [1.82, 2.24) is 0 Å². The Kier molecular flexibility index (Phi) is 4.44. The Labute approximate surface area is 116 Å². The Balaban J connectivity index is 1.95. The van der Waals surface area contributed by atoms with Crippen LogP contribution in [0.15, 0.2) is 27.4 Å². The number of thiophene rings is 2. The molecule has 0 amide bonds. The summed E-state index contributed by atoms with van der Waals surface area (Å²) in [6, 6.07) is 3.99. The zero-order valence-corrected chi connectivity index (χ0v) is 12.3. The molecule has 1 N–H and O–H groups in total. The molecule has 0 saturated carbocycles. The number of rotatable bonds is 4. The van der Waals surface area contributed by atoms with Crippen LogP contribution in [0.1, 0.15) is 23.0 Å². The Bertz CT molecular complexity index is 433. The molecule has 0 aliphatic rings. The fourth-order valence-electron chi connectivity index (χ4n) is 1.41. The first-order valence-electron chi connectivity index (χ1n) is 4.80. The van der Waals surface area contributed by atoms with Crippen molar-refractivity contribution in [1.29, 1.82) is 0 Å². The van der Waals surface area contributed by atoms with Gasteiger partial charge in [-0.3, -0.25) is 0 Å². The van der Waals surface area contributed by atoms with Gasteiger partial charge in [-0.25, -0.2) is 0 Å². The standard InChI is InChI=1S/C11H10BrClOS2/c12-8-5-10(16-11(8)13)9(14)2-1-7-3-4-15-6-7/h3-6,9,14H,1-2H2. The smallest absolute Gasteiger partial charge is 0.107 e. The van der Waals surface area contributed by atoms with Crippen molar-refractivity contribution in [2.75, 3.05) is 0 Å². The average Bonchev–Trinajstić information content (AvgIpc) is 2.86. The van der Waals surface area contributed by atoms with Crippen molar-refractivity contribution in [3.05, 3.63) is 42.1 Å². The lowest BCUT2D eigenvalue weighted by Gasteiger charge is -2.06. The van der Waals surface area contributed by atoms with Gasteiger partial charge in [0, 0.05) is 9.35 Å². The normalized spacial score (nSPS) is 12.9. The molecule has 0 aliphatic heterocycles. The van der Waals surface area contributed by atoms with Crippen LogP contribution in [0.4, 0.5) is 0 Å². The first kappa shape index (κ1) is 12.6. The molecular formula is C11H10BrClOS2. The number of hydrogen-bond acceptors (Lipinski definition) is 3. The molecule has 0 radical (unpaired) electrons. The highest BCUT2D eigenvalue weighted by atomic mass is 79.9. The molecule has 0 bridgehead atoms. The van der Waals surface area contributed by atoms with E-state index in [0.29, 0.717) is 4.34 Å². The van der Waals surface area contributed by atoms with Gasteiger partial charge in [-0.15, -0.1) is 11.3 Å². The van der Waals surface area contributed by atoms with Gasteiger partial charge in [0.15, 0.2) is 0 Å². The number of aryl methyl sites for hydroxylation is 1. The van der Waals surface area contributed by atoms with Crippen LogP contribution in [0.25, 0.3) is 0 Å². The van der Waals surface area contributed by atoms with Gasteiger partial charge in [0.25, 0.3) is 0 Å². The van der Waals surface area contributed by atoms with Crippen LogP contribution in [-0.4, -0.2) is 5.11 Å². The third kappa shape index (κ3) is 3.08. The lowest BCUT2D eigenvalue weighted by molar-refractivity contribution is 0.171. The summed E-state index contributed by atoms with van der Waals surface area (Å²) >= 11 is 12.4. The first-order valence-corrected chi connectivity index (χ1v) is 7.73. The molecule has 0 spiro atoms. The first-order chi connectivity index (χ1) is 7.66. The van der Waals surface area contributed by atoms with Crippen LogP contribution in [0.5, 0.6) is 0 Å². The van der Waals surface area contributed by atoms with E-state index in [2.05, 4.69) is 32.8 Å². The molecule has 16 heavy (non-hydrogen) atoms. The highest BCUT2D eigenvalue weighted by Gasteiger charge is 2.13. The molecule has 2 aromatic heterocycles. The van der Waals surface area contributed by atoms with E-state index in [9.17, 15) is 5.11 Å². The van der Waals surface area contributed by atoms with E-state index in [1.165, 1.54) is 16.9 Å². The van der Waals surface area contributed by atoms with Gasteiger partial charge in [-0.05, 0) is 57.2 Å². The molecule has 0 saturated heterocycles. The van der Waals surface area contributed by atoms with Crippen LogP contribution in [0.2, 0.25) is 4.34 Å². The molecule has 2 rings (SSSR count). The molecule has 86 valence electrons. The second kappa shape index (κ2) is 5.65. The van der Waals surface area contributed by atoms with Crippen molar-refractivity contribution in [3.63, 3.8) is 0 Å². The van der Waals surface area contributed by atoms with Crippen molar-refractivity contribution in [3.8, 4) is 0 Å². The fraction of sp³-hybridized carbons (Fsp3) is 0.273. The minimum Gasteiger partial charge on any atom is -0.388 e. The van der Waals surface area contributed by atoms with Crippen LogP contribution in [-0.2, 0) is 6.42 Å². The molecule has 0 aromatic carbocycles. The van der Waals surface area contributed by atoms with Crippen molar-refractivity contribution in [2.24, 2.45) is 0 Å². The van der Waals surface area contributed by atoms with Gasteiger partial charge < -0.3 is 5.11 Å². The van der Waals surface area contributed by atoms with Gasteiger partial charge in [0.05, 0.1) is 6.10 Å². The predicted molar refractivity (Wildman–Crippen MR) is 74.6 cm³/mol. The third-order valence-corrected chi connectivity index (χ3v) is 5.59. The van der Waals surface area contributed by atoms with E-state index >= 15 is 0 Å². The molecule has 0 fully saturated rings. The molecule has 1 atom stereocenters. The number of aliphatic hydroxyl groups excluding tert-OH is 1. The third-order valence-electron chi connectivity index (χ3n) is 2.28. The minimum atomic E-state index is -0.423. The summed E-state index contributed by atoms with van der Waals surface area (Å²) in [6.07, 6.45) is 1.21. The van der Waals surface area contributed by atoms with Gasteiger partial charge >= 0.3 is 0 Å². The van der Waals surface area contributed by atoms with E-state index in [4.69, 9.17) is 11.6 Å². The maximum absolute atomic E-state index is 9.99. The van der Waals surface area contributed by atoms with Gasteiger partial charge in [-0.2, -0.15) is 11.3 Å². The highest BCUT2D eigenvalue weighted by Crippen LogP contribution is 2.36. The Hall–Kier alpha value is 0.130. The summed E-state index contributed by atoms with van der Waals surface area (Å²) in [5, 5.41) is 14.2. The second-order valence-corrected chi connectivity index (χ2v) is 6.78. The zero-order valence-electron chi connectivity index (χ0n) is 8.32. The molecular weight excluding hydrogens is 328 g/mol. The van der Waals surface area contributed by atoms with Crippen LogP contribution in [0.3, 0.4) is 0 Å². The molecule has 1 nitrogen and oxygen atoms in total. The monoisotopic (exact) mass is 336 g/mol.